The fraction of sp³-hybridized carbons (Fsp3) is 0.150. The van der Waals surface area contributed by atoms with Crippen molar-refractivity contribution in [3.63, 3.8) is 0 Å². The van der Waals surface area contributed by atoms with Gasteiger partial charge in [0.1, 0.15) is 5.82 Å². The van der Waals surface area contributed by atoms with Crippen LogP contribution in [0.25, 0.3) is 0 Å². The molecule has 0 aliphatic heterocycles. The van der Waals surface area contributed by atoms with Gasteiger partial charge in [-0.05, 0) is 61.3 Å². The molecular formula is C20H17ClFN3O3. The zero-order valence-corrected chi connectivity index (χ0v) is 15.7. The van der Waals surface area contributed by atoms with Crippen molar-refractivity contribution >= 4 is 34.8 Å². The molecule has 0 aliphatic rings. The molecule has 0 radical (unpaired) electrons. The van der Waals surface area contributed by atoms with Gasteiger partial charge in [0.15, 0.2) is 0 Å². The summed E-state index contributed by atoms with van der Waals surface area (Å²) in [6.07, 6.45) is 0.571. The minimum absolute atomic E-state index is 0.182. The lowest BCUT2D eigenvalue weighted by Crippen LogP contribution is -2.15. The fourth-order valence-electron chi connectivity index (χ4n) is 2.61. The van der Waals surface area contributed by atoms with Crippen LogP contribution in [-0.2, 0) is 11.2 Å². The first-order chi connectivity index (χ1) is 13.4. The van der Waals surface area contributed by atoms with E-state index in [0.717, 1.165) is 0 Å². The van der Waals surface area contributed by atoms with Crippen molar-refractivity contribution in [3.05, 3.63) is 76.4 Å². The van der Waals surface area contributed by atoms with Gasteiger partial charge in [0.05, 0.1) is 5.69 Å². The molecular weight excluding hydrogens is 385 g/mol. The number of nitrogens with zero attached hydrogens (tertiary/aromatic N) is 1. The summed E-state index contributed by atoms with van der Waals surface area (Å²) >= 11 is 5.89. The molecule has 6 nitrogen and oxygen atoms in total. The Morgan fingerprint density at radius 3 is 2.50 bits per heavy atom. The SMILES string of the molecule is Cc1noc(Cl)c1CCC(=O)Nc1cccc(C(=O)Nc2cccc(F)c2)c1. The number of halogens is 2. The van der Waals surface area contributed by atoms with E-state index in [-0.39, 0.29) is 17.5 Å². The standard InChI is InChI=1S/C20H17ClFN3O3/c1-12-17(19(21)28-25-12)8-9-18(26)23-15-6-2-4-13(10-15)20(27)24-16-7-3-5-14(22)11-16/h2-7,10-11H,8-9H2,1H3,(H,23,26)(H,24,27). The van der Waals surface area contributed by atoms with E-state index in [1.54, 1.807) is 37.3 Å². The highest BCUT2D eigenvalue weighted by molar-refractivity contribution is 6.29. The summed E-state index contributed by atoms with van der Waals surface area (Å²) in [5, 5.41) is 9.27. The van der Waals surface area contributed by atoms with E-state index < -0.39 is 11.7 Å². The number of hydrogen-bond donors (Lipinski definition) is 2. The molecule has 1 heterocycles. The first-order valence-electron chi connectivity index (χ1n) is 8.50. The van der Waals surface area contributed by atoms with E-state index >= 15 is 0 Å². The van der Waals surface area contributed by atoms with Crippen molar-refractivity contribution in [2.24, 2.45) is 0 Å². The van der Waals surface area contributed by atoms with Gasteiger partial charge in [-0.1, -0.05) is 17.3 Å². The molecule has 0 atom stereocenters. The molecule has 2 aromatic carbocycles. The molecule has 1 aromatic heterocycles. The van der Waals surface area contributed by atoms with Crippen LogP contribution in [0.4, 0.5) is 15.8 Å². The summed E-state index contributed by atoms with van der Waals surface area (Å²) in [7, 11) is 0. The van der Waals surface area contributed by atoms with Crippen LogP contribution in [0.1, 0.15) is 28.0 Å². The summed E-state index contributed by atoms with van der Waals surface area (Å²) < 4.78 is 18.1. The molecule has 28 heavy (non-hydrogen) atoms. The Bertz CT molecular complexity index is 1000. The van der Waals surface area contributed by atoms with Crippen molar-refractivity contribution < 1.29 is 18.5 Å². The van der Waals surface area contributed by atoms with Crippen LogP contribution < -0.4 is 10.6 Å². The topological polar surface area (TPSA) is 84.2 Å². The lowest BCUT2D eigenvalue weighted by Gasteiger charge is -2.08. The van der Waals surface area contributed by atoms with E-state index in [1.165, 1.54) is 18.2 Å². The minimum atomic E-state index is -0.443. The van der Waals surface area contributed by atoms with E-state index in [1.807, 2.05) is 0 Å². The van der Waals surface area contributed by atoms with Crippen LogP contribution >= 0.6 is 11.6 Å². The van der Waals surface area contributed by atoms with E-state index in [0.29, 0.717) is 34.6 Å². The van der Waals surface area contributed by atoms with Gasteiger partial charge in [0.25, 0.3) is 5.91 Å². The van der Waals surface area contributed by atoms with E-state index in [2.05, 4.69) is 15.8 Å². The number of aromatic nitrogens is 1. The first kappa shape index (κ1) is 19.6. The first-order valence-corrected chi connectivity index (χ1v) is 8.87. The summed E-state index contributed by atoms with van der Waals surface area (Å²) in [5.41, 5.74) is 2.50. The second-order valence-electron chi connectivity index (χ2n) is 6.11. The summed E-state index contributed by atoms with van der Waals surface area (Å²) in [5.74, 6) is -1.09. The number of anilines is 2. The Morgan fingerprint density at radius 1 is 1.11 bits per heavy atom. The predicted octanol–water partition coefficient (Wildman–Crippen LogP) is 4.60. The Hall–Kier alpha value is -3.19. The number of aryl methyl sites for hydroxylation is 1. The number of carbonyl (C=O) groups excluding carboxylic acids is 2. The maximum absolute atomic E-state index is 13.2. The maximum Gasteiger partial charge on any atom is 0.255 e. The molecule has 0 spiro atoms. The van der Waals surface area contributed by atoms with Gasteiger partial charge < -0.3 is 15.2 Å². The van der Waals surface area contributed by atoms with Gasteiger partial charge >= 0.3 is 0 Å². The van der Waals surface area contributed by atoms with Gasteiger partial charge in [0.2, 0.25) is 11.1 Å². The second-order valence-corrected chi connectivity index (χ2v) is 6.46. The predicted molar refractivity (Wildman–Crippen MR) is 104 cm³/mol. The average molecular weight is 402 g/mol. The van der Waals surface area contributed by atoms with Crippen LogP contribution in [0.2, 0.25) is 5.22 Å². The molecule has 3 rings (SSSR count). The van der Waals surface area contributed by atoms with Crippen LogP contribution in [0.15, 0.2) is 53.1 Å². The van der Waals surface area contributed by atoms with Crippen LogP contribution in [-0.4, -0.2) is 17.0 Å². The van der Waals surface area contributed by atoms with E-state index in [4.69, 9.17) is 16.1 Å². The highest BCUT2D eigenvalue weighted by Crippen LogP contribution is 2.21. The smallest absolute Gasteiger partial charge is 0.255 e. The fourth-order valence-corrected chi connectivity index (χ4v) is 2.88. The summed E-state index contributed by atoms with van der Waals surface area (Å²) in [6.45, 7) is 1.75. The van der Waals surface area contributed by atoms with Crippen molar-refractivity contribution in [2.45, 2.75) is 19.8 Å². The normalized spacial score (nSPS) is 10.5. The van der Waals surface area contributed by atoms with Gasteiger partial charge in [-0.2, -0.15) is 0 Å². The van der Waals surface area contributed by atoms with Crippen molar-refractivity contribution in [1.29, 1.82) is 0 Å². The van der Waals surface area contributed by atoms with Crippen LogP contribution in [0.3, 0.4) is 0 Å². The van der Waals surface area contributed by atoms with Crippen molar-refractivity contribution in [1.82, 2.24) is 5.16 Å². The highest BCUT2D eigenvalue weighted by atomic mass is 35.5. The average Bonchev–Trinajstić information content (AvgIpc) is 2.98. The second kappa shape index (κ2) is 8.67. The van der Waals surface area contributed by atoms with Gasteiger partial charge in [0, 0.05) is 28.9 Å². The third-order valence-corrected chi connectivity index (χ3v) is 4.33. The lowest BCUT2D eigenvalue weighted by atomic mass is 10.1. The number of hydrogen-bond acceptors (Lipinski definition) is 4. The quantitative estimate of drug-likeness (QED) is 0.632. The Labute approximate surface area is 165 Å². The molecule has 0 unspecified atom stereocenters. The maximum atomic E-state index is 13.2. The van der Waals surface area contributed by atoms with Crippen molar-refractivity contribution in [3.8, 4) is 0 Å². The molecule has 0 bridgehead atoms. The van der Waals surface area contributed by atoms with Crippen LogP contribution in [0, 0.1) is 12.7 Å². The molecule has 2 N–H and O–H groups in total. The summed E-state index contributed by atoms with van der Waals surface area (Å²) in [4.78, 5) is 24.5. The minimum Gasteiger partial charge on any atom is -0.344 e. The van der Waals surface area contributed by atoms with E-state index in [9.17, 15) is 14.0 Å². The Kier molecular flexibility index (Phi) is 6.06. The Balaban J connectivity index is 1.61. The number of rotatable bonds is 6. The van der Waals surface area contributed by atoms with Crippen molar-refractivity contribution in [2.75, 3.05) is 10.6 Å². The monoisotopic (exact) mass is 401 g/mol. The lowest BCUT2D eigenvalue weighted by molar-refractivity contribution is -0.116. The number of benzene rings is 2. The zero-order chi connectivity index (χ0) is 20.1. The largest absolute Gasteiger partial charge is 0.344 e. The third-order valence-electron chi connectivity index (χ3n) is 4.03. The molecule has 8 heteroatoms. The molecule has 0 fully saturated rings. The highest BCUT2D eigenvalue weighted by Gasteiger charge is 2.13. The molecule has 0 aliphatic carbocycles. The van der Waals surface area contributed by atoms with Gasteiger partial charge in [-0.15, -0.1) is 0 Å². The Morgan fingerprint density at radius 2 is 1.82 bits per heavy atom. The number of amides is 2. The van der Waals surface area contributed by atoms with Crippen LogP contribution in [0.5, 0.6) is 0 Å². The molecule has 2 amide bonds. The molecule has 0 saturated heterocycles. The number of carbonyl (C=O) groups is 2. The van der Waals surface area contributed by atoms with Gasteiger partial charge in [-0.3, -0.25) is 9.59 Å². The number of nitrogens with one attached hydrogen (secondary N) is 2. The summed E-state index contributed by atoms with van der Waals surface area (Å²) in [6, 6.07) is 12.1. The molecule has 3 aromatic rings. The molecule has 0 saturated carbocycles. The molecule has 144 valence electrons. The third kappa shape index (κ3) is 4.95. The zero-order valence-electron chi connectivity index (χ0n) is 15.0. The van der Waals surface area contributed by atoms with Gasteiger partial charge in [-0.25, -0.2) is 4.39 Å².